The second-order valence-electron chi connectivity index (χ2n) is 7.37. The van der Waals surface area contributed by atoms with Crippen molar-refractivity contribution in [1.29, 1.82) is 0 Å². The number of carbonyl (C=O) groups is 3. The van der Waals surface area contributed by atoms with Gasteiger partial charge in [0.25, 0.3) is 0 Å². The number of hydrogen-bond donors (Lipinski definition) is 0. The zero-order valence-corrected chi connectivity index (χ0v) is 16.0. The molecule has 0 N–H and O–H groups in total. The van der Waals surface area contributed by atoms with Crippen molar-refractivity contribution in [2.24, 2.45) is 11.3 Å². The summed E-state index contributed by atoms with van der Waals surface area (Å²) >= 11 is 0. The molecule has 3 heteroatoms. The SMILES string of the molecule is CC(=O)c1ccccc1.CC1CC(=O)CC(C)(C)C1.CCC(C)=O. The van der Waals surface area contributed by atoms with Gasteiger partial charge in [0.05, 0.1) is 0 Å². The van der Waals surface area contributed by atoms with E-state index in [2.05, 4.69) is 20.8 Å². The Labute approximate surface area is 146 Å². The minimum absolute atomic E-state index is 0.121. The van der Waals surface area contributed by atoms with Gasteiger partial charge in [-0.25, -0.2) is 0 Å². The Morgan fingerprint density at radius 3 is 1.92 bits per heavy atom. The number of rotatable bonds is 2. The molecule has 1 aromatic rings. The fourth-order valence-corrected chi connectivity index (χ4v) is 2.76. The third kappa shape index (κ3) is 10.9. The molecule has 0 radical (unpaired) electrons. The molecule has 1 fully saturated rings. The van der Waals surface area contributed by atoms with Crippen molar-refractivity contribution < 1.29 is 14.4 Å². The predicted octanol–water partition coefficient (Wildman–Crippen LogP) is 5.28. The van der Waals surface area contributed by atoms with Gasteiger partial charge in [0, 0.05) is 24.8 Å². The first-order chi connectivity index (χ1) is 11.1. The van der Waals surface area contributed by atoms with E-state index < -0.39 is 0 Å². The minimum Gasteiger partial charge on any atom is -0.300 e. The summed E-state index contributed by atoms with van der Waals surface area (Å²) in [6.07, 6.45) is 3.47. The van der Waals surface area contributed by atoms with E-state index in [0.717, 1.165) is 18.4 Å². The molecule has 1 aromatic carbocycles. The maximum Gasteiger partial charge on any atom is 0.159 e. The molecule has 1 atom stereocenters. The van der Waals surface area contributed by atoms with E-state index in [1.807, 2.05) is 37.3 Å². The van der Waals surface area contributed by atoms with Crippen LogP contribution in [-0.2, 0) is 9.59 Å². The zero-order valence-electron chi connectivity index (χ0n) is 16.0. The summed E-state index contributed by atoms with van der Waals surface area (Å²) in [5.74, 6) is 1.43. The molecule has 0 saturated heterocycles. The van der Waals surface area contributed by atoms with Gasteiger partial charge in [0.2, 0.25) is 0 Å². The van der Waals surface area contributed by atoms with Gasteiger partial charge in [0.1, 0.15) is 11.6 Å². The second-order valence-corrected chi connectivity index (χ2v) is 7.37. The average Bonchev–Trinajstić information content (AvgIpc) is 2.46. The topological polar surface area (TPSA) is 51.2 Å². The summed E-state index contributed by atoms with van der Waals surface area (Å²) in [5, 5.41) is 0. The number of Topliss-reactive ketones (excluding diaryl/α,β-unsaturated/α-hetero) is 3. The van der Waals surface area contributed by atoms with Gasteiger partial charge in [-0.3, -0.25) is 9.59 Å². The van der Waals surface area contributed by atoms with Crippen molar-refractivity contribution >= 4 is 17.3 Å². The first-order valence-corrected chi connectivity index (χ1v) is 8.64. The molecule has 3 nitrogen and oxygen atoms in total. The van der Waals surface area contributed by atoms with E-state index >= 15 is 0 Å². The van der Waals surface area contributed by atoms with Crippen LogP contribution in [0, 0.1) is 11.3 Å². The molecule has 2 rings (SSSR count). The number of benzene rings is 1. The van der Waals surface area contributed by atoms with Crippen LogP contribution in [0.1, 0.15) is 77.6 Å². The van der Waals surface area contributed by atoms with Gasteiger partial charge >= 0.3 is 0 Å². The fourth-order valence-electron chi connectivity index (χ4n) is 2.76. The number of ketones is 3. The Bertz CT molecular complexity index is 529. The smallest absolute Gasteiger partial charge is 0.159 e. The lowest BCUT2D eigenvalue weighted by Crippen LogP contribution is -2.27. The molecule has 1 saturated carbocycles. The van der Waals surface area contributed by atoms with E-state index in [1.165, 1.54) is 6.42 Å². The van der Waals surface area contributed by atoms with E-state index in [0.29, 0.717) is 18.1 Å². The van der Waals surface area contributed by atoms with Gasteiger partial charge in [-0.2, -0.15) is 0 Å². The lowest BCUT2D eigenvalue weighted by atomic mass is 9.72. The summed E-state index contributed by atoms with van der Waals surface area (Å²) in [6, 6.07) is 9.23. The molecule has 0 spiro atoms. The van der Waals surface area contributed by atoms with Crippen molar-refractivity contribution in [3.05, 3.63) is 35.9 Å². The minimum atomic E-state index is 0.121. The van der Waals surface area contributed by atoms with E-state index in [1.54, 1.807) is 13.8 Å². The highest BCUT2D eigenvalue weighted by atomic mass is 16.1. The normalized spacial score (nSPS) is 18.4. The second kappa shape index (κ2) is 10.9. The fraction of sp³-hybridized carbons (Fsp3) is 0.571. The van der Waals surface area contributed by atoms with Crippen LogP contribution in [0.3, 0.4) is 0 Å². The van der Waals surface area contributed by atoms with Gasteiger partial charge in [-0.05, 0) is 31.6 Å². The molecule has 1 aliphatic carbocycles. The number of carbonyl (C=O) groups excluding carboxylic acids is 3. The Balaban J connectivity index is 0.000000351. The van der Waals surface area contributed by atoms with E-state index in [4.69, 9.17) is 0 Å². The van der Waals surface area contributed by atoms with Crippen molar-refractivity contribution in [2.45, 2.75) is 67.2 Å². The lowest BCUT2D eigenvalue weighted by Gasteiger charge is -2.32. The van der Waals surface area contributed by atoms with Crippen LogP contribution in [0.4, 0.5) is 0 Å². The first-order valence-electron chi connectivity index (χ1n) is 8.64. The standard InChI is InChI=1S/C9H16O.C8H8O.C4H8O/c1-7-4-8(10)6-9(2,3)5-7;1-7(9)8-5-3-2-4-6-8;1-3-4(2)5/h7H,4-6H2,1-3H3;2-6H,1H3;3H2,1-2H3. The summed E-state index contributed by atoms with van der Waals surface area (Å²) in [5.41, 5.74) is 1.05. The molecule has 134 valence electrons. The lowest BCUT2D eigenvalue weighted by molar-refractivity contribution is -0.124. The van der Waals surface area contributed by atoms with Crippen LogP contribution in [0.2, 0.25) is 0 Å². The maximum absolute atomic E-state index is 11.1. The van der Waals surface area contributed by atoms with Crippen molar-refractivity contribution in [3.63, 3.8) is 0 Å². The molecule has 0 aliphatic heterocycles. The molecule has 0 heterocycles. The first kappa shape index (κ1) is 22.2. The predicted molar refractivity (Wildman–Crippen MR) is 99.2 cm³/mol. The van der Waals surface area contributed by atoms with Gasteiger partial charge in [-0.1, -0.05) is 58.0 Å². The Morgan fingerprint density at radius 2 is 1.62 bits per heavy atom. The van der Waals surface area contributed by atoms with Crippen LogP contribution in [-0.4, -0.2) is 17.3 Å². The third-order valence-corrected chi connectivity index (χ3v) is 3.83. The van der Waals surface area contributed by atoms with Crippen LogP contribution in [0.15, 0.2) is 30.3 Å². The van der Waals surface area contributed by atoms with Crippen LogP contribution < -0.4 is 0 Å². The highest BCUT2D eigenvalue weighted by Gasteiger charge is 2.30. The zero-order chi connectivity index (χ0) is 18.8. The molecular formula is C21H32O3. The Kier molecular flexibility index (Phi) is 10.1. The summed E-state index contributed by atoms with van der Waals surface area (Å²) in [4.78, 5) is 31.5. The van der Waals surface area contributed by atoms with E-state index in [-0.39, 0.29) is 17.0 Å². The molecule has 0 amide bonds. The highest BCUT2D eigenvalue weighted by Crippen LogP contribution is 2.36. The summed E-state index contributed by atoms with van der Waals surface area (Å²) in [7, 11) is 0. The van der Waals surface area contributed by atoms with Crippen LogP contribution >= 0.6 is 0 Å². The summed E-state index contributed by atoms with van der Waals surface area (Å²) in [6.45, 7) is 11.5. The van der Waals surface area contributed by atoms with Crippen molar-refractivity contribution in [1.82, 2.24) is 0 Å². The molecule has 1 aliphatic rings. The maximum atomic E-state index is 11.1. The number of hydrogen-bond acceptors (Lipinski definition) is 3. The molecule has 24 heavy (non-hydrogen) atoms. The Hall–Kier alpha value is -1.77. The van der Waals surface area contributed by atoms with Crippen LogP contribution in [0.5, 0.6) is 0 Å². The van der Waals surface area contributed by atoms with Gasteiger partial charge in [0.15, 0.2) is 5.78 Å². The third-order valence-electron chi connectivity index (χ3n) is 3.83. The van der Waals surface area contributed by atoms with Gasteiger partial charge < -0.3 is 4.79 Å². The Morgan fingerprint density at radius 1 is 1.12 bits per heavy atom. The molecular weight excluding hydrogens is 300 g/mol. The quantitative estimate of drug-likeness (QED) is 0.693. The van der Waals surface area contributed by atoms with E-state index in [9.17, 15) is 14.4 Å². The monoisotopic (exact) mass is 332 g/mol. The highest BCUT2D eigenvalue weighted by molar-refractivity contribution is 5.93. The summed E-state index contributed by atoms with van der Waals surface area (Å²) < 4.78 is 0. The molecule has 1 unspecified atom stereocenters. The van der Waals surface area contributed by atoms with Gasteiger partial charge in [-0.15, -0.1) is 0 Å². The van der Waals surface area contributed by atoms with Crippen LogP contribution in [0.25, 0.3) is 0 Å². The molecule has 0 bridgehead atoms. The molecule has 0 aromatic heterocycles. The van der Waals surface area contributed by atoms with Crippen molar-refractivity contribution in [3.8, 4) is 0 Å². The average molecular weight is 332 g/mol. The largest absolute Gasteiger partial charge is 0.300 e. The van der Waals surface area contributed by atoms with Crippen molar-refractivity contribution in [2.75, 3.05) is 0 Å².